The molecule has 2 N–H and O–H groups in total. The monoisotopic (exact) mass is 441 g/mol. The number of carbonyl (C=O) groups excluding carboxylic acids is 2. The molecule has 4 amide bonds. The van der Waals surface area contributed by atoms with Crippen molar-refractivity contribution in [3.63, 3.8) is 0 Å². The van der Waals surface area contributed by atoms with Crippen LogP contribution in [-0.4, -0.2) is 39.7 Å². The topological polar surface area (TPSA) is 90.7 Å². The first-order chi connectivity index (χ1) is 14.9. The molecule has 4 rings (SSSR count). The van der Waals surface area contributed by atoms with Gasteiger partial charge in [0.2, 0.25) is 0 Å². The van der Waals surface area contributed by atoms with Crippen LogP contribution < -0.4 is 10.6 Å². The van der Waals surface area contributed by atoms with Gasteiger partial charge in [0.05, 0.1) is 6.54 Å². The number of hydrogen-bond donors (Lipinski definition) is 2. The number of hydrogen-bond acceptors (Lipinski definition) is 5. The van der Waals surface area contributed by atoms with E-state index in [2.05, 4.69) is 15.6 Å². The maximum Gasteiger partial charge on any atom is 0.331 e. The van der Waals surface area contributed by atoms with Gasteiger partial charge in [0, 0.05) is 29.2 Å². The second-order valence-corrected chi connectivity index (χ2v) is 8.10. The van der Waals surface area contributed by atoms with Crippen LogP contribution >= 0.6 is 11.6 Å². The number of nitrogens with zero attached hydrogens (tertiary/aromatic N) is 3. The number of benzene rings is 2. The Morgan fingerprint density at radius 1 is 1.19 bits per heavy atom. The van der Waals surface area contributed by atoms with Gasteiger partial charge in [-0.1, -0.05) is 37.6 Å². The van der Waals surface area contributed by atoms with Gasteiger partial charge in [-0.05, 0) is 36.8 Å². The lowest BCUT2D eigenvalue weighted by Crippen LogP contribution is -2.66. The summed E-state index contributed by atoms with van der Waals surface area (Å²) in [4.78, 5) is 32.7. The fourth-order valence-corrected chi connectivity index (χ4v) is 3.53. The molecule has 1 unspecified atom stereocenters. The number of aromatic nitrogens is 1. The van der Waals surface area contributed by atoms with Crippen LogP contribution in [0.5, 0.6) is 0 Å². The summed E-state index contributed by atoms with van der Waals surface area (Å²) in [5.41, 5.74) is 2.99. The normalized spacial score (nSPS) is 16.9. The average molecular weight is 442 g/mol. The number of urea groups is 2. The van der Waals surface area contributed by atoms with E-state index in [9.17, 15) is 9.59 Å². The van der Waals surface area contributed by atoms with E-state index < -0.39 is 12.3 Å². The molecule has 8 nitrogen and oxygen atoms in total. The molecular weight excluding hydrogens is 418 g/mol. The molecule has 1 aromatic heterocycles. The van der Waals surface area contributed by atoms with Crippen LogP contribution in [0.15, 0.2) is 46.9 Å². The average Bonchev–Trinajstić information content (AvgIpc) is 3.16. The molecule has 1 aliphatic rings. The Balaban J connectivity index is 1.61. The molecule has 0 spiro atoms. The highest BCUT2D eigenvalue weighted by Gasteiger charge is 2.37. The van der Waals surface area contributed by atoms with E-state index in [1.807, 2.05) is 44.2 Å². The zero-order valence-electron chi connectivity index (χ0n) is 17.6. The molecule has 0 saturated carbocycles. The first-order valence-corrected chi connectivity index (χ1v) is 10.5. The van der Waals surface area contributed by atoms with E-state index in [4.69, 9.17) is 16.0 Å². The number of carbonyl (C=O) groups is 2. The van der Waals surface area contributed by atoms with Gasteiger partial charge in [-0.25, -0.2) is 19.5 Å². The molecule has 1 saturated heterocycles. The number of amides is 4. The van der Waals surface area contributed by atoms with Crippen molar-refractivity contribution in [3.05, 3.63) is 58.9 Å². The standard InChI is InChI=1S/C22H24ClN5O3/c1-4-27-21(29)26-20(28(22(27)30)12-14-5-7-15(23)8-6-14)24-16-9-10-17-18(11-16)31-19(25-17)13(2)3/h5-11,13,20,24H,4,12H2,1-3H3,(H,26,29). The van der Waals surface area contributed by atoms with Crippen molar-refractivity contribution in [2.45, 2.75) is 39.5 Å². The molecule has 2 aromatic carbocycles. The smallest absolute Gasteiger partial charge is 0.331 e. The number of rotatable bonds is 6. The van der Waals surface area contributed by atoms with E-state index >= 15 is 0 Å². The summed E-state index contributed by atoms with van der Waals surface area (Å²) in [5, 5.41) is 6.71. The fourth-order valence-electron chi connectivity index (χ4n) is 3.40. The van der Waals surface area contributed by atoms with Gasteiger partial charge < -0.3 is 9.73 Å². The molecule has 0 aliphatic carbocycles. The lowest BCUT2D eigenvalue weighted by molar-refractivity contribution is 0.108. The Morgan fingerprint density at radius 3 is 2.61 bits per heavy atom. The summed E-state index contributed by atoms with van der Waals surface area (Å²) in [7, 11) is 0. The number of halogens is 1. The van der Waals surface area contributed by atoms with E-state index in [1.54, 1.807) is 24.0 Å². The highest BCUT2D eigenvalue weighted by Crippen LogP contribution is 2.25. The van der Waals surface area contributed by atoms with Gasteiger partial charge in [0.15, 0.2) is 17.8 Å². The third-order valence-corrected chi connectivity index (χ3v) is 5.33. The second-order valence-electron chi connectivity index (χ2n) is 7.67. The van der Waals surface area contributed by atoms with Gasteiger partial charge >= 0.3 is 12.1 Å². The lowest BCUT2D eigenvalue weighted by Gasteiger charge is -2.41. The third-order valence-electron chi connectivity index (χ3n) is 5.08. The summed E-state index contributed by atoms with van der Waals surface area (Å²) in [5.74, 6) is 0.838. The van der Waals surface area contributed by atoms with Crippen molar-refractivity contribution < 1.29 is 14.0 Å². The molecule has 2 heterocycles. The molecule has 9 heteroatoms. The van der Waals surface area contributed by atoms with Gasteiger partial charge in [-0.2, -0.15) is 0 Å². The zero-order valence-corrected chi connectivity index (χ0v) is 18.3. The molecule has 1 aliphatic heterocycles. The second kappa shape index (κ2) is 8.47. The molecule has 3 aromatic rings. The highest BCUT2D eigenvalue weighted by atomic mass is 35.5. The van der Waals surface area contributed by atoms with Gasteiger partial charge in [0.25, 0.3) is 0 Å². The van der Waals surface area contributed by atoms with Crippen molar-refractivity contribution in [3.8, 4) is 0 Å². The van der Waals surface area contributed by atoms with E-state index in [-0.39, 0.29) is 18.5 Å². The largest absolute Gasteiger partial charge is 0.440 e. The van der Waals surface area contributed by atoms with Gasteiger partial charge in [-0.3, -0.25) is 10.2 Å². The molecule has 1 fully saturated rings. The summed E-state index contributed by atoms with van der Waals surface area (Å²) >= 11 is 5.98. The number of fused-ring (bicyclic) bond motifs is 1. The SMILES string of the molecule is CCN1C(=O)NC(Nc2ccc3nc(C(C)C)oc3c2)N(Cc2ccc(Cl)cc2)C1=O. The van der Waals surface area contributed by atoms with Crippen LogP contribution in [0.25, 0.3) is 11.1 Å². The first-order valence-electron chi connectivity index (χ1n) is 10.2. The minimum Gasteiger partial charge on any atom is -0.440 e. The number of nitrogens with one attached hydrogen (secondary N) is 2. The zero-order chi connectivity index (χ0) is 22.1. The summed E-state index contributed by atoms with van der Waals surface area (Å²) in [6.45, 7) is 6.36. The van der Waals surface area contributed by atoms with E-state index in [0.29, 0.717) is 28.7 Å². The van der Waals surface area contributed by atoms with Gasteiger partial charge in [-0.15, -0.1) is 0 Å². The van der Waals surface area contributed by atoms with E-state index in [0.717, 1.165) is 11.1 Å². The maximum atomic E-state index is 13.0. The molecule has 0 bridgehead atoms. The van der Waals surface area contributed by atoms with Gasteiger partial charge in [0.1, 0.15) is 5.52 Å². The Bertz CT molecular complexity index is 1110. The summed E-state index contributed by atoms with van der Waals surface area (Å²) in [6, 6.07) is 11.9. The summed E-state index contributed by atoms with van der Waals surface area (Å²) < 4.78 is 5.83. The predicted octanol–water partition coefficient (Wildman–Crippen LogP) is 4.97. The quantitative estimate of drug-likeness (QED) is 0.563. The third kappa shape index (κ3) is 4.29. The summed E-state index contributed by atoms with van der Waals surface area (Å²) in [6.07, 6.45) is -0.733. The van der Waals surface area contributed by atoms with Crippen molar-refractivity contribution in [1.82, 2.24) is 20.1 Å². The number of imide groups is 1. The fraction of sp³-hybridized carbons (Fsp3) is 0.318. The molecule has 0 radical (unpaired) electrons. The van der Waals surface area contributed by atoms with Crippen LogP contribution in [-0.2, 0) is 6.54 Å². The predicted molar refractivity (Wildman–Crippen MR) is 119 cm³/mol. The Kier molecular flexibility index (Phi) is 5.73. The Labute approximate surface area is 185 Å². The first kappa shape index (κ1) is 21.0. The van der Waals surface area contributed by atoms with Crippen LogP contribution in [0.2, 0.25) is 5.02 Å². The lowest BCUT2D eigenvalue weighted by atomic mass is 10.2. The van der Waals surface area contributed by atoms with Crippen LogP contribution in [0.3, 0.4) is 0 Å². The van der Waals surface area contributed by atoms with Crippen LogP contribution in [0, 0.1) is 0 Å². The number of oxazole rings is 1. The highest BCUT2D eigenvalue weighted by molar-refractivity contribution is 6.30. The molecule has 1 atom stereocenters. The van der Waals surface area contributed by atoms with Crippen molar-refractivity contribution in [2.75, 3.05) is 11.9 Å². The molecule has 31 heavy (non-hydrogen) atoms. The van der Waals surface area contributed by atoms with Crippen molar-refractivity contribution in [1.29, 1.82) is 0 Å². The van der Waals surface area contributed by atoms with Crippen LogP contribution in [0.1, 0.15) is 38.1 Å². The Hall–Kier alpha value is -3.26. The van der Waals surface area contributed by atoms with E-state index in [1.165, 1.54) is 4.90 Å². The number of anilines is 1. The Morgan fingerprint density at radius 2 is 1.94 bits per heavy atom. The van der Waals surface area contributed by atoms with Crippen LogP contribution in [0.4, 0.5) is 15.3 Å². The minimum atomic E-state index is -0.733. The maximum absolute atomic E-state index is 13.0. The van der Waals surface area contributed by atoms with Crippen molar-refractivity contribution in [2.24, 2.45) is 0 Å². The molecular formula is C22H24ClN5O3. The van der Waals surface area contributed by atoms with Crippen molar-refractivity contribution >= 4 is 40.5 Å². The molecule has 162 valence electrons. The minimum absolute atomic E-state index is 0.175.